The number of hydrogen-bond donors (Lipinski definition) is 1. The lowest BCUT2D eigenvalue weighted by molar-refractivity contribution is 0.103. The van der Waals surface area contributed by atoms with E-state index in [0.717, 1.165) is 21.1 Å². The van der Waals surface area contributed by atoms with Crippen molar-refractivity contribution in [1.29, 1.82) is 0 Å². The van der Waals surface area contributed by atoms with Crippen LogP contribution in [0.1, 0.15) is 20.8 Å². The molecule has 0 saturated heterocycles. The third kappa shape index (κ3) is 2.98. The maximum Gasteiger partial charge on any atom is 0.265 e. The number of thiophene rings is 1. The minimum atomic E-state index is -0.336. The lowest BCUT2D eigenvalue weighted by Crippen LogP contribution is -2.10. The largest absolute Gasteiger partial charge is 0.321 e. The van der Waals surface area contributed by atoms with Crippen molar-refractivity contribution in [3.63, 3.8) is 0 Å². The lowest BCUT2D eigenvalue weighted by atomic mass is 10.1. The average molecular weight is 350 g/mol. The zero-order chi connectivity index (χ0) is 17.6. The molecule has 2 aromatic heterocycles. The van der Waals surface area contributed by atoms with Crippen LogP contribution in [-0.4, -0.2) is 10.9 Å². The van der Waals surface area contributed by atoms with Crippen LogP contribution in [0, 0.1) is 19.7 Å². The summed E-state index contributed by atoms with van der Waals surface area (Å²) >= 11 is 1.33. The third-order valence-electron chi connectivity index (χ3n) is 4.11. The van der Waals surface area contributed by atoms with Crippen molar-refractivity contribution >= 4 is 44.1 Å². The first kappa shape index (κ1) is 15.7. The minimum Gasteiger partial charge on any atom is -0.321 e. The van der Waals surface area contributed by atoms with E-state index in [9.17, 15) is 9.18 Å². The number of halogens is 1. The van der Waals surface area contributed by atoms with Gasteiger partial charge in [-0.05, 0) is 55.8 Å². The van der Waals surface area contributed by atoms with E-state index < -0.39 is 0 Å². The number of carbonyl (C=O) groups excluding carboxylic acids is 1. The fourth-order valence-electron chi connectivity index (χ4n) is 2.73. The van der Waals surface area contributed by atoms with Gasteiger partial charge >= 0.3 is 0 Å². The summed E-state index contributed by atoms with van der Waals surface area (Å²) in [6.07, 6.45) is 0. The highest BCUT2D eigenvalue weighted by Crippen LogP contribution is 2.28. The smallest absolute Gasteiger partial charge is 0.265 e. The SMILES string of the molecule is Cc1ccc2nc3sc(C(=O)Nc4ccc(C)c(F)c4)cc3cc2c1. The molecule has 2 heterocycles. The number of aryl methyl sites for hydroxylation is 2. The van der Waals surface area contributed by atoms with Crippen molar-refractivity contribution in [2.45, 2.75) is 13.8 Å². The summed E-state index contributed by atoms with van der Waals surface area (Å²) in [6, 6.07) is 14.6. The van der Waals surface area contributed by atoms with Gasteiger partial charge in [0.2, 0.25) is 0 Å². The number of fused-ring (bicyclic) bond motifs is 2. The molecule has 0 spiro atoms. The van der Waals surface area contributed by atoms with Crippen molar-refractivity contribution in [3.05, 3.63) is 70.4 Å². The second-order valence-electron chi connectivity index (χ2n) is 6.11. The van der Waals surface area contributed by atoms with E-state index in [4.69, 9.17) is 0 Å². The first-order valence-electron chi connectivity index (χ1n) is 7.88. The van der Waals surface area contributed by atoms with Crippen LogP contribution in [0.4, 0.5) is 10.1 Å². The number of benzene rings is 2. The van der Waals surface area contributed by atoms with Gasteiger partial charge in [-0.2, -0.15) is 0 Å². The fourth-order valence-corrected chi connectivity index (χ4v) is 3.65. The Kier molecular flexibility index (Phi) is 3.73. The molecule has 0 unspecified atom stereocenters. The molecule has 25 heavy (non-hydrogen) atoms. The third-order valence-corrected chi connectivity index (χ3v) is 5.15. The van der Waals surface area contributed by atoms with Crippen molar-refractivity contribution in [2.24, 2.45) is 0 Å². The van der Waals surface area contributed by atoms with Crippen LogP contribution in [-0.2, 0) is 0 Å². The van der Waals surface area contributed by atoms with E-state index in [1.807, 2.05) is 31.2 Å². The van der Waals surface area contributed by atoms with Crippen molar-refractivity contribution in [1.82, 2.24) is 4.98 Å². The predicted octanol–water partition coefficient (Wildman–Crippen LogP) is 5.46. The van der Waals surface area contributed by atoms with Gasteiger partial charge in [0.05, 0.1) is 10.4 Å². The Hall–Kier alpha value is -2.79. The molecule has 0 atom stereocenters. The van der Waals surface area contributed by atoms with Crippen molar-refractivity contribution < 1.29 is 9.18 Å². The highest BCUT2D eigenvalue weighted by Gasteiger charge is 2.13. The summed E-state index contributed by atoms with van der Waals surface area (Å²) in [5.41, 5.74) is 3.07. The molecule has 0 radical (unpaired) electrons. The Morgan fingerprint density at radius 1 is 1.04 bits per heavy atom. The highest BCUT2D eigenvalue weighted by molar-refractivity contribution is 7.20. The fraction of sp³-hybridized carbons (Fsp3) is 0.100. The molecule has 0 saturated carbocycles. The van der Waals surface area contributed by atoms with E-state index in [1.54, 1.807) is 19.1 Å². The summed E-state index contributed by atoms with van der Waals surface area (Å²) in [5.74, 6) is -0.594. The Morgan fingerprint density at radius 3 is 2.68 bits per heavy atom. The van der Waals surface area contributed by atoms with Crippen LogP contribution in [0.15, 0.2) is 48.5 Å². The Morgan fingerprint density at radius 2 is 1.88 bits per heavy atom. The number of anilines is 1. The molecule has 2 aromatic carbocycles. The summed E-state index contributed by atoms with van der Waals surface area (Å²) in [6.45, 7) is 3.72. The first-order chi connectivity index (χ1) is 12.0. The number of rotatable bonds is 2. The van der Waals surface area contributed by atoms with E-state index in [1.165, 1.54) is 23.0 Å². The van der Waals surface area contributed by atoms with E-state index >= 15 is 0 Å². The van der Waals surface area contributed by atoms with Crippen LogP contribution in [0.5, 0.6) is 0 Å². The molecule has 0 bridgehead atoms. The zero-order valence-corrected chi connectivity index (χ0v) is 14.6. The Labute approximate surface area is 148 Å². The molecule has 1 amide bonds. The molecule has 0 aliphatic rings. The molecule has 1 N–H and O–H groups in total. The van der Waals surface area contributed by atoms with E-state index in [0.29, 0.717) is 16.1 Å². The normalized spacial score (nSPS) is 11.2. The quantitative estimate of drug-likeness (QED) is 0.522. The van der Waals surface area contributed by atoms with Gasteiger partial charge in [0.1, 0.15) is 10.6 Å². The zero-order valence-electron chi connectivity index (χ0n) is 13.8. The maximum atomic E-state index is 13.6. The summed E-state index contributed by atoms with van der Waals surface area (Å²) in [4.78, 5) is 18.5. The minimum absolute atomic E-state index is 0.258. The van der Waals surface area contributed by atoms with Gasteiger partial charge in [-0.1, -0.05) is 17.7 Å². The topological polar surface area (TPSA) is 42.0 Å². The number of nitrogens with zero attached hydrogens (tertiary/aromatic N) is 1. The summed E-state index contributed by atoms with van der Waals surface area (Å²) in [7, 11) is 0. The Bertz CT molecular complexity index is 1130. The molecule has 5 heteroatoms. The van der Waals surface area contributed by atoms with Gasteiger partial charge < -0.3 is 5.32 Å². The number of hydrogen-bond acceptors (Lipinski definition) is 3. The van der Waals surface area contributed by atoms with Gasteiger partial charge in [-0.15, -0.1) is 11.3 Å². The number of nitrogens with one attached hydrogen (secondary N) is 1. The van der Waals surface area contributed by atoms with Crippen LogP contribution < -0.4 is 5.32 Å². The standard InChI is InChI=1S/C20H15FN2OS/c1-11-3-6-17-13(7-11)8-14-9-18(25-20(14)23-17)19(24)22-15-5-4-12(2)16(21)10-15/h3-10H,1-2H3,(H,22,24). The van der Waals surface area contributed by atoms with Gasteiger partial charge in [0.15, 0.2) is 0 Å². The number of amides is 1. The molecule has 0 aliphatic carbocycles. The van der Waals surface area contributed by atoms with E-state index in [-0.39, 0.29) is 11.7 Å². The van der Waals surface area contributed by atoms with Crippen molar-refractivity contribution in [2.75, 3.05) is 5.32 Å². The molecular formula is C20H15FN2OS. The molecule has 3 nitrogen and oxygen atoms in total. The summed E-state index contributed by atoms with van der Waals surface area (Å²) < 4.78 is 13.6. The predicted molar refractivity (Wildman–Crippen MR) is 101 cm³/mol. The number of carbonyl (C=O) groups is 1. The molecule has 4 rings (SSSR count). The highest BCUT2D eigenvalue weighted by atomic mass is 32.1. The number of aromatic nitrogens is 1. The van der Waals surface area contributed by atoms with E-state index in [2.05, 4.69) is 16.4 Å². The molecule has 4 aromatic rings. The second-order valence-corrected chi connectivity index (χ2v) is 7.14. The Balaban J connectivity index is 1.69. The monoisotopic (exact) mass is 350 g/mol. The lowest BCUT2D eigenvalue weighted by Gasteiger charge is -2.04. The van der Waals surface area contributed by atoms with Gasteiger partial charge in [0, 0.05) is 16.5 Å². The molecule has 0 aliphatic heterocycles. The molecule has 0 fully saturated rings. The van der Waals surface area contributed by atoms with Crippen LogP contribution in [0.25, 0.3) is 21.1 Å². The van der Waals surface area contributed by atoms with Gasteiger partial charge in [-0.25, -0.2) is 9.37 Å². The van der Waals surface area contributed by atoms with Crippen LogP contribution in [0.3, 0.4) is 0 Å². The second kappa shape index (κ2) is 5.93. The first-order valence-corrected chi connectivity index (χ1v) is 8.70. The maximum absolute atomic E-state index is 13.6. The van der Waals surface area contributed by atoms with Crippen molar-refractivity contribution in [3.8, 4) is 0 Å². The van der Waals surface area contributed by atoms with Crippen LogP contribution >= 0.6 is 11.3 Å². The summed E-state index contributed by atoms with van der Waals surface area (Å²) in [5, 5.41) is 4.73. The molecular weight excluding hydrogens is 335 g/mol. The number of pyridine rings is 1. The van der Waals surface area contributed by atoms with Gasteiger partial charge in [-0.3, -0.25) is 4.79 Å². The average Bonchev–Trinajstić information content (AvgIpc) is 2.99. The molecule has 124 valence electrons. The van der Waals surface area contributed by atoms with Crippen LogP contribution in [0.2, 0.25) is 0 Å². The van der Waals surface area contributed by atoms with Gasteiger partial charge in [0.25, 0.3) is 5.91 Å².